The fourth-order valence-corrected chi connectivity index (χ4v) is 3.34. The summed E-state index contributed by atoms with van der Waals surface area (Å²) in [4.78, 5) is 1.37. The first kappa shape index (κ1) is 17.6. The van der Waals surface area contributed by atoms with Crippen molar-refractivity contribution in [1.82, 2.24) is 14.9 Å². The summed E-state index contributed by atoms with van der Waals surface area (Å²) in [5.74, 6) is 0. The number of hydrogen-bond donors (Lipinski definition) is 1. The highest BCUT2D eigenvalue weighted by Crippen LogP contribution is 2.26. The fraction of sp³-hybridized carbons (Fsp3) is 0.875. The summed E-state index contributed by atoms with van der Waals surface area (Å²) in [5.41, 5.74) is 1.19. The molecule has 0 aromatic carbocycles. The number of aromatic nitrogens is 2. The van der Waals surface area contributed by atoms with E-state index in [1.165, 1.54) is 61.9 Å². The third kappa shape index (κ3) is 6.31. The maximum Gasteiger partial charge on any atom is 0.0800 e. The Bertz CT molecular complexity index is 338. The lowest BCUT2D eigenvalue weighted by atomic mass is 10.0. The second-order valence-electron chi connectivity index (χ2n) is 5.50. The summed E-state index contributed by atoms with van der Waals surface area (Å²) in [5, 5.41) is 7.94. The van der Waals surface area contributed by atoms with Gasteiger partial charge >= 0.3 is 0 Å². The largest absolute Gasteiger partial charge is 0.309 e. The molecule has 3 nitrogen and oxygen atoms in total. The Kier molecular flexibility index (Phi) is 9.85. The van der Waals surface area contributed by atoms with Gasteiger partial charge in [-0.3, -0.25) is 0 Å². The Morgan fingerprint density at radius 2 is 1.75 bits per heavy atom. The van der Waals surface area contributed by atoms with Crippen LogP contribution in [-0.4, -0.2) is 16.1 Å². The first-order valence-corrected chi connectivity index (χ1v) is 9.15. The normalized spacial score (nSPS) is 12.8. The zero-order valence-electron chi connectivity index (χ0n) is 13.5. The van der Waals surface area contributed by atoms with E-state index < -0.39 is 0 Å². The minimum absolute atomic E-state index is 0.469. The molecule has 0 amide bonds. The number of nitrogens with zero attached hydrogens (tertiary/aromatic N) is 2. The summed E-state index contributed by atoms with van der Waals surface area (Å²) < 4.78 is 4.14. The molecule has 1 rings (SSSR count). The van der Waals surface area contributed by atoms with Crippen LogP contribution in [0.2, 0.25) is 0 Å². The fourth-order valence-electron chi connectivity index (χ4n) is 2.50. The van der Waals surface area contributed by atoms with Gasteiger partial charge in [0.2, 0.25) is 0 Å². The molecule has 0 bridgehead atoms. The van der Waals surface area contributed by atoms with Crippen molar-refractivity contribution in [3.8, 4) is 0 Å². The highest BCUT2D eigenvalue weighted by atomic mass is 32.1. The van der Waals surface area contributed by atoms with Gasteiger partial charge in [-0.15, -0.1) is 5.10 Å². The molecule has 1 N–H and O–H groups in total. The summed E-state index contributed by atoms with van der Waals surface area (Å²) in [6, 6.07) is 0.469. The quantitative estimate of drug-likeness (QED) is 0.558. The monoisotopic (exact) mass is 297 g/mol. The number of unbranched alkanes of at least 4 members (excludes halogenated alkanes) is 5. The maximum absolute atomic E-state index is 4.26. The van der Waals surface area contributed by atoms with Gasteiger partial charge in [0.05, 0.1) is 10.6 Å². The lowest BCUT2D eigenvalue weighted by Gasteiger charge is -2.17. The van der Waals surface area contributed by atoms with Gasteiger partial charge in [0, 0.05) is 6.04 Å². The Balaban J connectivity index is 2.40. The average molecular weight is 298 g/mol. The number of aryl methyl sites for hydroxylation is 1. The van der Waals surface area contributed by atoms with E-state index in [1.807, 2.05) is 0 Å². The molecule has 0 aliphatic heterocycles. The molecule has 1 aromatic heterocycles. The van der Waals surface area contributed by atoms with E-state index in [0.29, 0.717) is 6.04 Å². The van der Waals surface area contributed by atoms with Crippen LogP contribution in [0.25, 0.3) is 0 Å². The van der Waals surface area contributed by atoms with Gasteiger partial charge < -0.3 is 5.32 Å². The van der Waals surface area contributed by atoms with Crippen molar-refractivity contribution in [3.05, 3.63) is 10.6 Å². The molecular weight excluding hydrogens is 266 g/mol. The maximum atomic E-state index is 4.26. The molecule has 0 aliphatic carbocycles. The van der Waals surface area contributed by atoms with Crippen molar-refractivity contribution >= 4 is 11.5 Å². The average Bonchev–Trinajstić information content (AvgIpc) is 2.94. The summed E-state index contributed by atoms with van der Waals surface area (Å²) in [6.45, 7) is 7.75. The third-order valence-corrected chi connectivity index (χ3v) is 4.60. The van der Waals surface area contributed by atoms with E-state index in [0.717, 1.165) is 13.0 Å². The molecule has 116 valence electrons. The summed E-state index contributed by atoms with van der Waals surface area (Å²) in [6.07, 6.45) is 11.6. The second-order valence-corrected chi connectivity index (χ2v) is 6.29. The molecule has 1 atom stereocenters. The van der Waals surface area contributed by atoms with Crippen molar-refractivity contribution in [2.75, 3.05) is 6.54 Å². The number of rotatable bonds is 12. The molecule has 1 unspecified atom stereocenters. The van der Waals surface area contributed by atoms with Crippen LogP contribution in [0.15, 0.2) is 0 Å². The van der Waals surface area contributed by atoms with Crippen LogP contribution in [0, 0.1) is 0 Å². The Morgan fingerprint density at radius 1 is 1.00 bits per heavy atom. The number of nitrogens with one attached hydrogen (secondary N) is 1. The minimum Gasteiger partial charge on any atom is -0.309 e. The van der Waals surface area contributed by atoms with Gasteiger partial charge in [0.15, 0.2) is 0 Å². The van der Waals surface area contributed by atoms with Crippen LogP contribution in [0.4, 0.5) is 0 Å². The predicted octanol–water partition coefficient (Wildman–Crippen LogP) is 4.89. The van der Waals surface area contributed by atoms with E-state index in [2.05, 4.69) is 35.7 Å². The molecule has 0 spiro atoms. The SMILES string of the molecule is CCCCCCCCC(NCCC)c1snnc1CC. The standard InChI is InChI=1S/C16H31N3S/c1-4-7-8-9-10-11-12-15(17-13-5-2)16-14(6-3)18-19-20-16/h15,17H,4-13H2,1-3H3. The smallest absolute Gasteiger partial charge is 0.0800 e. The second kappa shape index (κ2) is 11.2. The molecule has 1 heterocycles. The molecule has 0 radical (unpaired) electrons. The molecule has 1 aromatic rings. The molecule has 20 heavy (non-hydrogen) atoms. The van der Waals surface area contributed by atoms with Crippen LogP contribution in [-0.2, 0) is 6.42 Å². The van der Waals surface area contributed by atoms with Crippen LogP contribution in [0.1, 0.15) is 88.8 Å². The van der Waals surface area contributed by atoms with E-state index in [1.54, 1.807) is 11.5 Å². The van der Waals surface area contributed by atoms with Crippen molar-refractivity contribution < 1.29 is 0 Å². The summed E-state index contributed by atoms with van der Waals surface area (Å²) in [7, 11) is 0. The van der Waals surface area contributed by atoms with Crippen LogP contribution in [0.5, 0.6) is 0 Å². The molecule has 4 heteroatoms. The first-order chi connectivity index (χ1) is 9.83. The zero-order chi connectivity index (χ0) is 14.6. The van der Waals surface area contributed by atoms with Gasteiger partial charge in [-0.05, 0) is 37.3 Å². The van der Waals surface area contributed by atoms with Crippen LogP contribution >= 0.6 is 11.5 Å². The predicted molar refractivity (Wildman–Crippen MR) is 88.3 cm³/mol. The summed E-state index contributed by atoms with van der Waals surface area (Å²) >= 11 is 1.58. The van der Waals surface area contributed by atoms with E-state index in [4.69, 9.17) is 0 Å². The van der Waals surface area contributed by atoms with Gasteiger partial charge in [0.25, 0.3) is 0 Å². The van der Waals surface area contributed by atoms with Crippen molar-refractivity contribution in [2.24, 2.45) is 0 Å². The van der Waals surface area contributed by atoms with Gasteiger partial charge in [0.1, 0.15) is 0 Å². The molecule has 0 fully saturated rings. The van der Waals surface area contributed by atoms with E-state index in [9.17, 15) is 0 Å². The van der Waals surface area contributed by atoms with Gasteiger partial charge in [-0.1, -0.05) is 63.8 Å². The van der Waals surface area contributed by atoms with Gasteiger partial charge in [-0.2, -0.15) is 0 Å². The lowest BCUT2D eigenvalue weighted by molar-refractivity contribution is 0.469. The molecule has 0 saturated heterocycles. The van der Waals surface area contributed by atoms with E-state index >= 15 is 0 Å². The molecule has 0 saturated carbocycles. The topological polar surface area (TPSA) is 37.8 Å². The van der Waals surface area contributed by atoms with E-state index in [-0.39, 0.29) is 0 Å². The third-order valence-electron chi connectivity index (χ3n) is 3.72. The molecule has 0 aliphatic rings. The Hall–Kier alpha value is -0.480. The van der Waals surface area contributed by atoms with Crippen molar-refractivity contribution in [3.63, 3.8) is 0 Å². The lowest BCUT2D eigenvalue weighted by Crippen LogP contribution is -2.22. The van der Waals surface area contributed by atoms with Crippen LogP contribution in [0.3, 0.4) is 0 Å². The van der Waals surface area contributed by atoms with Gasteiger partial charge in [-0.25, -0.2) is 0 Å². The Morgan fingerprint density at radius 3 is 2.45 bits per heavy atom. The first-order valence-electron chi connectivity index (χ1n) is 8.37. The highest BCUT2D eigenvalue weighted by Gasteiger charge is 2.17. The van der Waals surface area contributed by atoms with Crippen molar-refractivity contribution in [1.29, 1.82) is 0 Å². The zero-order valence-corrected chi connectivity index (χ0v) is 14.3. The number of hydrogen-bond acceptors (Lipinski definition) is 4. The van der Waals surface area contributed by atoms with Crippen LogP contribution < -0.4 is 5.32 Å². The van der Waals surface area contributed by atoms with Crippen molar-refractivity contribution in [2.45, 2.75) is 84.6 Å². The highest BCUT2D eigenvalue weighted by molar-refractivity contribution is 7.05. The molecular formula is C16H31N3S. The Labute approximate surface area is 128 Å². The minimum atomic E-state index is 0.469.